The Bertz CT molecular complexity index is 661. The predicted molar refractivity (Wildman–Crippen MR) is 88.3 cm³/mol. The topological polar surface area (TPSA) is 47.0 Å². The number of anilines is 1. The molecule has 1 unspecified atom stereocenters. The maximum absolute atomic E-state index is 5.68. The quantitative estimate of drug-likeness (QED) is 0.931. The van der Waals surface area contributed by atoms with E-state index in [4.69, 9.17) is 14.7 Å². The fourth-order valence-corrected chi connectivity index (χ4v) is 4.23. The van der Waals surface area contributed by atoms with Gasteiger partial charge in [0.25, 0.3) is 0 Å². The van der Waals surface area contributed by atoms with E-state index < -0.39 is 5.60 Å². The van der Waals surface area contributed by atoms with Crippen LogP contribution in [-0.2, 0) is 23.2 Å². The molecule has 2 heterocycles. The number of aromatic nitrogens is 2. The van der Waals surface area contributed by atoms with Crippen molar-refractivity contribution in [3.05, 3.63) is 16.3 Å². The van der Waals surface area contributed by atoms with Gasteiger partial charge >= 0.3 is 0 Å². The highest BCUT2D eigenvalue weighted by Gasteiger charge is 2.30. The number of fused-ring (bicyclic) bond motifs is 3. The Hall–Kier alpha value is -1.20. The number of ether oxygens (including phenoxy) is 1. The molecule has 0 saturated carbocycles. The zero-order valence-corrected chi connectivity index (χ0v) is 14.1. The van der Waals surface area contributed by atoms with E-state index >= 15 is 0 Å². The molecule has 0 amide bonds. The number of thiophene rings is 1. The minimum atomic E-state index is -0.426. The molecule has 1 aliphatic rings. The van der Waals surface area contributed by atoms with Gasteiger partial charge in [0.15, 0.2) is 5.82 Å². The molecule has 1 N–H and O–H groups in total. The first-order valence-corrected chi connectivity index (χ1v) is 8.50. The minimum Gasteiger partial charge on any atom is -0.372 e. The van der Waals surface area contributed by atoms with Gasteiger partial charge in [0.1, 0.15) is 16.2 Å². The molecular weight excluding hydrogens is 282 g/mol. The number of nitrogens with one attached hydrogen (secondary N) is 1. The fourth-order valence-electron chi connectivity index (χ4n) is 2.97. The Balaban J connectivity index is 2.23. The molecule has 0 aromatic carbocycles. The molecule has 2 aromatic rings. The van der Waals surface area contributed by atoms with Crippen LogP contribution >= 0.6 is 11.3 Å². The average Bonchev–Trinajstić information content (AvgIpc) is 2.91. The number of hydrogen-bond donors (Lipinski definition) is 1. The summed E-state index contributed by atoms with van der Waals surface area (Å²) >= 11 is 1.83. The van der Waals surface area contributed by atoms with Gasteiger partial charge in [-0.2, -0.15) is 0 Å². The van der Waals surface area contributed by atoms with Crippen molar-refractivity contribution in [2.24, 2.45) is 0 Å². The van der Waals surface area contributed by atoms with Crippen molar-refractivity contribution in [2.45, 2.75) is 51.6 Å². The molecule has 21 heavy (non-hydrogen) atoms. The second kappa shape index (κ2) is 5.54. The molecule has 1 aliphatic carbocycles. The molecule has 0 aliphatic heterocycles. The third-order valence-corrected chi connectivity index (χ3v) is 5.84. The van der Waals surface area contributed by atoms with E-state index in [1.54, 1.807) is 7.11 Å². The number of nitrogens with zero attached hydrogens (tertiary/aromatic N) is 2. The van der Waals surface area contributed by atoms with Crippen LogP contribution in [0.2, 0.25) is 0 Å². The third-order valence-electron chi connectivity index (χ3n) is 4.65. The molecule has 4 nitrogen and oxygen atoms in total. The van der Waals surface area contributed by atoms with Gasteiger partial charge in [0.2, 0.25) is 0 Å². The summed E-state index contributed by atoms with van der Waals surface area (Å²) in [6, 6.07) is 0. The second-order valence-corrected chi connectivity index (χ2v) is 6.91. The first-order valence-electron chi connectivity index (χ1n) is 7.68. The number of methoxy groups -OCH3 is 1. The zero-order chi connectivity index (χ0) is 15.0. The second-order valence-electron chi connectivity index (χ2n) is 5.83. The lowest BCUT2D eigenvalue weighted by atomic mass is 9.96. The molecule has 1 atom stereocenters. The molecule has 3 rings (SSSR count). The van der Waals surface area contributed by atoms with Gasteiger partial charge in [-0.1, -0.05) is 6.92 Å². The van der Waals surface area contributed by atoms with Gasteiger partial charge in [-0.05, 0) is 44.6 Å². The van der Waals surface area contributed by atoms with Crippen molar-refractivity contribution < 1.29 is 4.74 Å². The lowest BCUT2D eigenvalue weighted by molar-refractivity contribution is -0.00854. The van der Waals surface area contributed by atoms with Crippen LogP contribution in [0.5, 0.6) is 0 Å². The lowest BCUT2D eigenvalue weighted by Gasteiger charge is -2.25. The van der Waals surface area contributed by atoms with Gasteiger partial charge in [0, 0.05) is 19.0 Å². The number of aryl methyl sites for hydroxylation is 2. The summed E-state index contributed by atoms with van der Waals surface area (Å²) in [5.74, 6) is 1.73. The van der Waals surface area contributed by atoms with Gasteiger partial charge in [-0.15, -0.1) is 11.3 Å². The van der Waals surface area contributed by atoms with Gasteiger partial charge in [-0.3, -0.25) is 0 Å². The first-order chi connectivity index (χ1) is 10.1. The molecular formula is C16H23N3OS. The maximum atomic E-state index is 5.68. The van der Waals surface area contributed by atoms with Gasteiger partial charge in [0.05, 0.1) is 5.39 Å². The Morgan fingerprint density at radius 3 is 2.71 bits per heavy atom. The number of rotatable bonds is 4. The summed E-state index contributed by atoms with van der Waals surface area (Å²) in [5.41, 5.74) is 1.04. The van der Waals surface area contributed by atoms with E-state index in [2.05, 4.69) is 19.2 Å². The summed E-state index contributed by atoms with van der Waals surface area (Å²) in [6.07, 6.45) is 5.75. The smallest absolute Gasteiger partial charge is 0.163 e. The highest BCUT2D eigenvalue weighted by molar-refractivity contribution is 7.19. The van der Waals surface area contributed by atoms with Crippen LogP contribution in [0.4, 0.5) is 5.82 Å². The highest BCUT2D eigenvalue weighted by atomic mass is 32.1. The summed E-state index contributed by atoms with van der Waals surface area (Å²) in [5, 5.41) is 4.50. The molecule has 0 bridgehead atoms. The molecule has 0 fully saturated rings. The Morgan fingerprint density at radius 1 is 1.29 bits per heavy atom. The first kappa shape index (κ1) is 14.7. The van der Waals surface area contributed by atoms with E-state index in [1.807, 2.05) is 18.4 Å². The molecule has 0 radical (unpaired) electrons. The van der Waals surface area contributed by atoms with Crippen molar-refractivity contribution in [1.82, 2.24) is 9.97 Å². The molecule has 0 spiro atoms. The summed E-state index contributed by atoms with van der Waals surface area (Å²) < 4.78 is 5.68. The van der Waals surface area contributed by atoms with Crippen LogP contribution in [0.25, 0.3) is 10.2 Å². The summed E-state index contributed by atoms with van der Waals surface area (Å²) in [4.78, 5) is 12.2. The monoisotopic (exact) mass is 305 g/mol. The van der Waals surface area contributed by atoms with E-state index in [-0.39, 0.29) is 0 Å². The van der Waals surface area contributed by atoms with Crippen molar-refractivity contribution in [3.8, 4) is 0 Å². The predicted octanol–water partition coefficient (Wildman–Crippen LogP) is 3.88. The molecule has 114 valence electrons. The third kappa shape index (κ3) is 2.32. The van der Waals surface area contributed by atoms with Crippen LogP contribution < -0.4 is 5.32 Å². The summed E-state index contributed by atoms with van der Waals surface area (Å²) in [6.45, 7) is 4.16. The SMILES string of the molecule is CCC(C)(OC)c1nc(NC)c2c3c(sc2n1)CCCC3. The standard InChI is InChI=1S/C16H23N3OS/c1-5-16(2,20-4)15-18-13(17-3)12-10-8-6-7-9-11(10)21-14(12)19-15/h5-9H2,1-4H3,(H,17,18,19). The number of hydrogen-bond acceptors (Lipinski definition) is 5. The van der Waals surface area contributed by atoms with E-state index in [9.17, 15) is 0 Å². The average molecular weight is 305 g/mol. The normalized spacial score (nSPS) is 17.5. The molecule has 5 heteroatoms. The van der Waals surface area contributed by atoms with Crippen LogP contribution in [0, 0.1) is 0 Å². The van der Waals surface area contributed by atoms with E-state index in [1.165, 1.54) is 35.1 Å². The molecule has 0 saturated heterocycles. The largest absolute Gasteiger partial charge is 0.372 e. The van der Waals surface area contributed by atoms with Crippen molar-refractivity contribution in [3.63, 3.8) is 0 Å². The van der Waals surface area contributed by atoms with Crippen LogP contribution in [0.3, 0.4) is 0 Å². The Kier molecular flexibility index (Phi) is 3.88. The molecule has 2 aromatic heterocycles. The minimum absolute atomic E-state index is 0.426. The Labute approximate surface area is 129 Å². The van der Waals surface area contributed by atoms with Crippen LogP contribution in [0.15, 0.2) is 0 Å². The lowest BCUT2D eigenvalue weighted by Crippen LogP contribution is -2.26. The Morgan fingerprint density at radius 2 is 2.05 bits per heavy atom. The highest BCUT2D eigenvalue weighted by Crippen LogP contribution is 2.40. The van der Waals surface area contributed by atoms with E-state index in [0.717, 1.165) is 29.3 Å². The van der Waals surface area contributed by atoms with Crippen molar-refractivity contribution in [2.75, 3.05) is 19.5 Å². The van der Waals surface area contributed by atoms with Crippen LogP contribution in [0.1, 0.15) is 49.4 Å². The van der Waals surface area contributed by atoms with Gasteiger partial charge in [-0.25, -0.2) is 9.97 Å². The maximum Gasteiger partial charge on any atom is 0.163 e. The van der Waals surface area contributed by atoms with Gasteiger partial charge < -0.3 is 10.1 Å². The summed E-state index contributed by atoms with van der Waals surface area (Å²) in [7, 11) is 3.67. The zero-order valence-electron chi connectivity index (χ0n) is 13.2. The van der Waals surface area contributed by atoms with Crippen molar-refractivity contribution in [1.29, 1.82) is 0 Å². The van der Waals surface area contributed by atoms with E-state index in [0.29, 0.717) is 0 Å². The van der Waals surface area contributed by atoms with Crippen molar-refractivity contribution >= 4 is 27.4 Å². The van der Waals surface area contributed by atoms with Crippen LogP contribution in [-0.4, -0.2) is 24.1 Å². The fraction of sp³-hybridized carbons (Fsp3) is 0.625.